The highest BCUT2D eigenvalue weighted by atomic mass is 19.2. The largest absolute Gasteiger partial charge is 0.329 e. The second-order valence-corrected chi connectivity index (χ2v) is 4.90. The van der Waals surface area contributed by atoms with Crippen molar-refractivity contribution < 1.29 is 13.2 Å². The number of hydrogen-bond donors (Lipinski definition) is 1. The highest BCUT2D eigenvalue weighted by Gasteiger charge is 2.21. The molecule has 0 bridgehead atoms. The number of hydrogen-bond acceptors (Lipinski definition) is 2. The molecule has 0 radical (unpaired) electrons. The molecule has 2 nitrogen and oxygen atoms in total. The third-order valence-electron chi connectivity index (χ3n) is 3.47. The SMILES string of the molecule is CN(Cc1ccccc1F)C(CN)c1cccc(F)c1F. The Morgan fingerprint density at radius 3 is 2.33 bits per heavy atom. The van der Waals surface area contributed by atoms with Gasteiger partial charge in [-0.3, -0.25) is 4.90 Å². The van der Waals surface area contributed by atoms with E-state index in [9.17, 15) is 13.2 Å². The molecule has 0 aliphatic carbocycles. The van der Waals surface area contributed by atoms with E-state index in [1.54, 1.807) is 30.1 Å². The lowest BCUT2D eigenvalue weighted by Crippen LogP contribution is -2.31. The fraction of sp³-hybridized carbons (Fsp3) is 0.250. The summed E-state index contributed by atoms with van der Waals surface area (Å²) in [5.41, 5.74) is 6.35. The van der Waals surface area contributed by atoms with Crippen molar-refractivity contribution in [2.45, 2.75) is 12.6 Å². The average molecular weight is 294 g/mol. The predicted molar refractivity (Wildman–Crippen MR) is 76.0 cm³/mol. The first-order valence-electron chi connectivity index (χ1n) is 6.62. The maximum atomic E-state index is 13.9. The van der Waals surface area contributed by atoms with E-state index in [-0.39, 0.29) is 24.5 Å². The summed E-state index contributed by atoms with van der Waals surface area (Å²) in [6, 6.07) is 9.81. The van der Waals surface area contributed by atoms with E-state index in [2.05, 4.69) is 0 Å². The zero-order valence-electron chi connectivity index (χ0n) is 11.7. The first-order valence-corrected chi connectivity index (χ1v) is 6.62. The molecule has 1 unspecified atom stereocenters. The lowest BCUT2D eigenvalue weighted by molar-refractivity contribution is 0.232. The molecule has 0 saturated carbocycles. The average Bonchev–Trinajstić information content (AvgIpc) is 2.47. The molecule has 0 aliphatic heterocycles. The van der Waals surface area contributed by atoms with Crippen molar-refractivity contribution >= 4 is 0 Å². The van der Waals surface area contributed by atoms with Crippen LogP contribution >= 0.6 is 0 Å². The molecule has 2 aromatic rings. The zero-order chi connectivity index (χ0) is 15.4. The fourth-order valence-corrected chi connectivity index (χ4v) is 2.33. The van der Waals surface area contributed by atoms with Gasteiger partial charge in [0, 0.05) is 24.2 Å². The minimum absolute atomic E-state index is 0.103. The highest BCUT2D eigenvalue weighted by molar-refractivity contribution is 5.24. The number of halogens is 3. The van der Waals surface area contributed by atoms with E-state index in [0.29, 0.717) is 5.56 Å². The second kappa shape index (κ2) is 6.74. The fourth-order valence-electron chi connectivity index (χ4n) is 2.33. The molecular weight excluding hydrogens is 277 g/mol. The Balaban J connectivity index is 2.25. The van der Waals surface area contributed by atoms with Crippen LogP contribution in [0.15, 0.2) is 42.5 Å². The Labute approximate surface area is 122 Å². The van der Waals surface area contributed by atoms with Gasteiger partial charge in [0.05, 0.1) is 6.04 Å². The smallest absolute Gasteiger partial charge is 0.163 e. The van der Waals surface area contributed by atoms with Crippen molar-refractivity contribution in [3.8, 4) is 0 Å². The Morgan fingerprint density at radius 2 is 1.67 bits per heavy atom. The summed E-state index contributed by atoms with van der Waals surface area (Å²) in [4.78, 5) is 1.70. The normalized spacial score (nSPS) is 12.7. The van der Waals surface area contributed by atoms with Crippen molar-refractivity contribution in [3.05, 3.63) is 71.0 Å². The minimum atomic E-state index is -0.912. The first-order chi connectivity index (χ1) is 10.0. The van der Waals surface area contributed by atoms with Crippen LogP contribution < -0.4 is 5.73 Å². The molecule has 0 fully saturated rings. The van der Waals surface area contributed by atoms with Crippen LogP contribution in [0.25, 0.3) is 0 Å². The number of rotatable bonds is 5. The molecule has 112 valence electrons. The first kappa shape index (κ1) is 15.5. The van der Waals surface area contributed by atoms with E-state index < -0.39 is 17.7 Å². The summed E-state index contributed by atoms with van der Waals surface area (Å²) in [6.45, 7) is 0.357. The molecule has 1 atom stereocenters. The van der Waals surface area contributed by atoms with Gasteiger partial charge in [0.25, 0.3) is 0 Å². The van der Waals surface area contributed by atoms with Crippen molar-refractivity contribution in [2.24, 2.45) is 5.73 Å². The summed E-state index contributed by atoms with van der Waals surface area (Å²) < 4.78 is 40.9. The molecule has 2 N–H and O–H groups in total. The van der Waals surface area contributed by atoms with Crippen LogP contribution in [-0.2, 0) is 6.54 Å². The van der Waals surface area contributed by atoms with Crippen LogP contribution in [0.3, 0.4) is 0 Å². The van der Waals surface area contributed by atoms with Crippen molar-refractivity contribution in [3.63, 3.8) is 0 Å². The molecule has 0 aliphatic rings. The van der Waals surface area contributed by atoms with Crippen LogP contribution in [0.1, 0.15) is 17.2 Å². The third kappa shape index (κ3) is 3.43. The van der Waals surface area contributed by atoms with E-state index in [0.717, 1.165) is 6.07 Å². The van der Waals surface area contributed by atoms with Gasteiger partial charge in [0.15, 0.2) is 11.6 Å². The van der Waals surface area contributed by atoms with Crippen LogP contribution in [0.5, 0.6) is 0 Å². The maximum Gasteiger partial charge on any atom is 0.163 e. The van der Waals surface area contributed by atoms with E-state index in [1.807, 2.05) is 0 Å². The molecule has 5 heteroatoms. The molecule has 0 amide bonds. The maximum absolute atomic E-state index is 13.9. The summed E-state index contributed by atoms with van der Waals surface area (Å²) in [5, 5.41) is 0. The van der Waals surface area contributed by atoms with Crippen LogP contribution in [-0.4, -0.2) is 18.5 Å². The van der Waals surface area contributed by atoms with E-state index in [1.165, 1.54) is 18.2 Å². The van der Waals surface area contributed by atoms with Crippen molar-refractivity contribution in [2.75, 3.05) is 13.6 Å². The van der Waals surface area contributed by atoms with Gasteiger partial charge >= 0.3 is 0 Å². The van der Waals surface area contributed by atoms with E-state index >= 15 is 0 Å². The Hall–Kier alpha value is -1.85. The van der Waals surface area contributed by atoms with Crippen LogP contribution in [0.4, 0.5) is 13.2 Å². The van der Waals surface area contributed by atoms with Gasteiger partial charge in [0.1, 0.15) is 5.82 Å². The summed E-state index contributed by atoms with van der Waals surface area (Å²) >= 11 is 0. The third-order valence-corrected chi connectivity index (χ3v) is 3.47. The monoisotopic (exact) mass is 294 g/mol. The van der Waals surface area contributed by atoms with Crippen LogP contribution in [0, 0.1) is 17.5 Å². The van der Waals surface area contributed by atoms with Crippen molar-refractivity contribution in [1.82, 2.24) is 4.90 Å². The van der Waals surface area contributed by atoms with Crippen molar-refractivity contribution in [1.29, 1.82) is 0 Å². The Morgan fingerprint density at radius 1 is 1.00 bits per heavy atom. The second-order valence-electron chi connectivity index (χ2n) is 4.90. The molecule has 0 saturated heterocycles. The van der Waals surface area contributed by atoms with Gasteiger partial charge in [-0.05, 0) is 19.2 Å². The van der Waals surface area contributed by atoms with E-state index in [4.69, 9.17) is 5.73 Å². The van der Waals surface area contributed by atoms with Gasteiger partial charge in [-0.25, -0.2) is 13.2 Å². The topological polar surface area (TPSA) is 29.3 Å². The predicted octanol–water partition coefficient (Wildman–Crippen LogP) is 3.24. The lowest BCUT2D eigenvalue weighted by Gasteiger charge is -2.28. The zero-order valence-corrected chi connectivity index (χ0v) is 11.7. The van der Waals surface area contributed by atoms with Gasteiger partial charge < -0.3 is 5.73 Å². The Bertz CT molecular complexity index is 616. The van der Waals surface area contributed by atoms with Gasteiger partial charge in [-0.15, -0.1) is 0 Å². The number of likely N-dealkylation sites (N-methyl/N-ethyl adjacent to an activating group) is 1. The highest BCUT2D eigenvalue weighted by Crippen LogP contribution is 2.24. The lowest BCUT2D eigenvalue weighted by atomic mass is 10.0. The van der Waals surface area contributed by atoms with Gasteiger partial charge in [0.2, 0.25) is 0 Å². The molecule has 0 heterocycles. The number of nitrogens with zero attached hydrogens (tertiary/aromatic N) is 1. The number of benzene rings is 2. The number of nitrogens with two attached hydrogens (primary N) is 1. The van der Waals surface area contributed by atoms with Crippen LogP contribution in [0.2, 0.25) is 0 Å². The summed E-state index contributed by atoms with van der Waals surface area (Å²) in [5.74, 6) is -2.15. The quantitative estimate of drug-likeness (QED) is 0.917. The summed E-state index contributed by atoms with van der Waals surface area (Å²) in [7, 11) is 1.70. The van der Waals surface area contributed by atoms with Gasteiger partial charge in [-0.2, -0.15) is 0 Å². The molecule has 2 rings (SSSR count). The molecular formula is C16H17F3N2. The molecule has 21 heavy (non-hydrogen) atoms. The standard InChI is InChI=1S/C16H17F3N2/c1-21(10-11-5-2-3-7-13(11)17)15(9-20)12-6-4-8-14(18)16(12)19/h2-8,15H,9-10,20H2,1H3. The Kier molecular flexibility index (Phi) is 4.98. The molecule has 0 aromatic heterocycles. The molecule has 2 aromatic carbocycles. The van der Waals surface area contributed by atoms with Gasteiger partial charge in [-0.1, -0.05) is 30.3 Å². The molecule has 0 spiro atoms. The summed E-state index contributed by atoms with van der Waals surface area (Å²) in [6.07, 6.45) is 0. The minimum Gasteiger partial charge on any atom is -0.329 e.